The van der Waals surface area contributed by atoms with E-state index in [2.05, 4.69) is 0 Å². The lowest BCUT2D eigenvalue weighted by molar-refractivity contribution is -0.137. The number of pyridine rings is 1. The average molecular weight is 203 g/mol. The highest BCUT2D eigenvalue weighted by molar-refractivity contribution is 6.32. The Morgan fingerprint density at radius 1 is 1.69 bits per heavy atom. The van der Waals surface area contributed by atoms with Gasteiger partial charge in [-0.1, -0.05) is 11.6 Å². The molecule has 5 nitrogen and oxygen atoms in total. The zero-order valence-electron chi connectivity index (χ0n) is 6.53. The maximum atomic E-state index is 11.1. The van der Waals surface area contributed by atoms with Crippen LogP contribution in [0.15, 0.2) is 17.1 Å². The molecule has 1 rings (SSSR count). The number of carboxylic acid groups (broad SMARTS) is 1. The molecule has 70 valence electrons. The third-order valence-electron chi connectivity index (χ3n) is 1.41. The Morgan fingerprint density at radius 3 is 2.85 bits per heavy atom. The van der Waals surface area contributed by atoms with Crippen molar-refractivity contribution in [1.82, 2.24) is 4.57 Å². The first-order chi connectivity index (χ1) is 6.00. The van der Waals surface area contributed by atoms with E-state index in [0.717, 1.165) is 10.6 Å². The summed E-state index contributed by atoms with van der Waals surface area (Å²) in [7, 11) is 0. The standard InChI is InChI=1S/C7H7ClN2O3/c8-4-1-6(11)10(2-5(4)9)3-7(12)13/h1-2H,3,9H2,(H,12,13). The number of nitrogens with zero attached hydrogens (tertiary/aromatic N) is 1. The maximum absolute atomic E-state index is 11.1. The van der Waals surface area contributed by atoms with Crippen LogP contribution < -0.4 is 11.3 Å². The van der Waals surface area contributed by atoms with Gasteiger partial charge in [-0.3, -0.25) is 9.59 Å². The molecule has 1 aromatic heterocycles. The number of carboxylic acids is 1. The smallest absolute Gasteiger partial charge is 0.323 e. The van der Waals surface area contributed by atoms with Gasteiger partial charge in [0.25, 0.3) is 5.56 Å². The van der Waals surface area contributed by atoms with E-state index < -0.39 is 18.1 Å². The molecular weight excluding hydrogens is 196 g/mol. The van der Waals surface area contributed by atoms with Crippen molar-refractivity contribution in [3.05, 3.63) is 27.6 Å². The molecule has 0 fully saturated rings. The lowest BCUT2D eigenvalue weighted by Crippen LogP contribution is -2.23. The third-order valence-corrected chi connectivity index (χ3v) is 1.74. The Kier molecular flexibility index (Phi) is 2.57. The van der Waals surface area contributed by atoms with Crippen molar-refractivity contribution in [2.75, 3.05) is 5.73 Å². The lowest BCUT2D eigenvalue weighted by Gasteiger charge is -2.03. The summed E-state index contributed by atoms with van der Waals surface area (Å²) in [5.41, 5.74) is 5.08. The van der Waals surface area contributed by atoms with Gasteiger partial charge in [-0.15, -0.1) is 0 Å². The molecule has 1 aromatic rings. The van der Waals surface area contributed by atoms with Gasteiger partial charge in [-0.2, -0.15) is 0 Å². The van der Waals surface area contributed by atoms with Crippen LogP contribution in [0.2, 0.25) is 5.02 Å². The second kappa shape index (κ2) is 3.49. The normalized spacial score (nSPS) is 9.92. The molecule has 3 N–H and O–H groups in total. The molecule has 0 radical (unpaired) electrons. The van der Waals surface area contributed by atoms with E-state index in [9.17, 15) is 9.59 Å². The van der Waals surface area contributed by atoms with Gasteiger partial charge in [-0.05, 0) is 0 Å². The first kappa shape index (κ1) is 9.60. The number of nitrogen functional groups attached to an aromatic ring is 1. The number of hydrogen-bond acceptors (Lipinski definition) is 3. The zero-order valence-corrected chi connectivity index (χ0v) is 7.28. The highest BCUT2D eigenvalue weighted by Gasteiger charge is 2.04. The number of hydrogen-bond donors (Lipinski definition) is 2. The summed E-state index contributed by atoms with van der Waals surface area (Å²) < 4.78 is 0.976. The minimum absolute atomic E-state index is 0.131. The van der Waals surface area contributed by atoms with Crippen LogP contribution in [-0.2, 0) is 11.3 Å². The minimum Gasteiger partial charge on any atom is -0.480 e. The van der Waals surface area contributed by atoms with E-state index in [0.29, 0.717) is 0 Å². The Labute approximate surface area is 78.4 Å². The number of aliphatic carboxylic acids is 1. The van der Waals surface area contributed by atoms with Gasteiger partial charge in [0, 0.05) is 12.3 Å². The Balaban J connectivity index is 3.16. The van der Waals surface area contributed by atoms with Crippen molar-refractivity contribution in [3.63, 3.8) is 0 Å². The third kappa shape index (κ3) is 2.22. The molecule has 0 aliphatic rings. The monoisotopic (exact) mass is 202 g/mol. The molecule has 0 saturated heterocycles. The quantitative estimate of drug-likeness (QED) is 0.716. The van der Waals surface area contributed by atoms with E-state index in [1.54, 1.807) is 0 Å². The highest BCUT2D eigenvalue weighted by atomic mass is 35.5. The Morgan fingerprint density at radius 2 is 2.31 bits per heavy atom. The van der Waals surface area contributed by atoms with Gasteiger partial charge >= 0.3 is 5.97 Å². The van der Waals surface area contributed by atoms with Gasteiger partial charge < -0.3 is 15.4 Å². The lowest BCUT2D eigenvalue weighted by atomic mass is 10.4. The van der Waals surface area contributed by atoms with Crippen molar-refractivity contribution < 1.29 is 9.90 Å². The first-order valence-corrected chi connectivity index (χ1v) is 3.76. The van der Waals surface area contributed by atoms with Crippen molar-refractivity contribution in [1.29, 1.82) is 0 Å². The second-order valence-electron chi connectivity index (χ2n) is 2.44. The molecule has 0 spiro atoms. The van der Waals surface area contributed by atoms with E-state index in [-0.39, 0.29) is 10.7 Å². The maximum Gasteiger partial charge on any atom is 0.323 e. The fourth-order valence-corrected chi connectivity index (χ4v) is 0.979. The molecule has 0 aromatic carbocycles. The van der Waals surface area contributed by atoms with Crippen molar-refractivity contribution in [2.24, 2.45) is 0 Å². The molecule has 6 heteroatoms. The van der Waals surface area contributed by atoms with E-state index in [1.807, 2.05) is 0 Å². The number of anilines is 1. The molecule has 13 heavy (non-hydrogen) atoms. The summed E-state index contributed by atoms with van der Waals surface area (Å²) in [6.45, 7) is -0.416. The van der Waals surface area contributed by atoms with Crippen LogP contribution in [-0.4, -0.2) is 15.6 Å². The molecule has 0 saturated carbocycles. The zero-order chi connectivity index (χ0) is 10.0. The summed E-state index contributed by atoms with van der Waals surface area (Å²) in [5.74, 6) is -1.11. The minimum atomic E-state index is -1.11. The molecule has 0 amide bonds. The summed E-state index contributed by atoms with van der Waals surface area (Å²) in [6.07, 6.45) is 1.21. The van der Waals surface area contributed by atoms with Crippen molar-refractivity contribution >= 4 is 23.3 Å². The van der Waals surface area contributed by atoms with Crippen LogP contribution in [0.3, 0.4) is 0 Å². The van der Waals surface area contributed by atoms with E-state index in [1.165, 1.54) is 6.20 Å². The topological polar surface area (TPSA) is 85.3 Å². The largest absolute Gasteiger partial charge is 0.480 e. The van der Waals surface area contributed by atoms with Gasteiger partial charge in [0.2, 0.25) is 0 Å². The Hall–Kier alpha value is -1.49. The summed E-state index contributed by atoms with van der Waals surface area (Å²) in [5, 5.41) is 8.55. The van der Waals surface area contributed by atoms with Crippen LogP contribution >= 0.6 is 11.6 Å². The van der Waals surface area contributed by atoms with E-state index in [4.69, 9.17) is 22.4 Å². The fourth-order valence-electron chi connectivity index (χ4n) is 0.837. The fraction of sp³-hybridized carbons (Fsp3) is 0.143. The van der Waals surface area contributed by atoms with Gasteiger partial charge in [0.1, 0.15) is 6.54 Å². The Bertz CT molecular complexity index is 399. The van der Waals surface area contributed by atoms with Crippen molar-refractivity contribution in [3.8, 4) is 0 Å². The molecular formula is C7H7ClN2O3. The van der Waals surface area contributed by atoms with Crippen LogP contribution in [0, 0.1) is 0 Å². The van der Waals surface area contributed by atoms with Gasteiger partial charge in [-0.25, -0.2) is 0 Å². The number of rotatable bonds is 2. The molecule has 0 atom stereocenters. The van der Waals surface area contributed by atoms with Gasteiger partial charge in [0.05, 0.1) is 10.7 Å². The molecule has 0 aliphatic heterocycles. The van der Waals surface area contributed by atoms with Crippen LogP contribution in [0.5, 0.6) is 0 Å². The van der Waals surface area contributed by atoms with Crippen LogP contribution in [0.4, 0.5) is 5.69 Å². The van der Waals surface area contributed by atoms with Crippen LogP contribution in [0.1, 0.15) is 0 Å². The van der Waals surface area contributed by atoms with E-state index >= 15 is 0 Å². The second-order valence-corrected chi connectivity index (χ2v) is 2.84. The first-order valence-electron chi connectivity index (χ1n) is 3.38. The number of carbonyl (C=O) groups is 1. The number of halogens is 1. The summed E-state index contributed by atoms with van der Waals surface area (Å²) >= 11 is 5.54. The highest BCUT2D eigenvalue weighted by Crippen LogP contribution is 2.13. The number of aromatic nitrogens is 1. The van der Waals surface area contributed by atoms with Crippen LogP contribution in [0.25, 0.3) is 0 Å². The molecule has 1 heterocycles. The summed E-state index contributed by atoms with van der Waals surface area (Å²) in [6, 6.07) is 1.08. The number of nitrogens with two attached hydrogens (primary N) is 1. The predicted molar refractivity (Wildman–Crippen MR) is 47.8 cm³/mol. The van der Waals surface area contributed by atoms with Gasteiger partial charge in [0.15, 0.2) is 0 Å². The molecule has 0 bridgehead atoms. The molecule has 0 unspecified atom stereocenters. The summed E-state index contributed by atoms with van der Waals surface area (Å²) in [4.78, 5) is 21.4. The molecule has 0 aliphatic carbocycles. The SMILES string of the molecule is Nc1cn(CC(=O)O)c(=O)cc1Cl. The average Bonchev–Trinajstić information content (AvgIpc) is 1.99. The predicted octanol–water partition coefficient (Wildman–Crippen LogP) is 0.168. The van der Waals surface area contributed by atoms with Crippen molar-refractivity contribution in [2.45, 2.75) is 6.54 Å².